The number of amides is 1. The summed E-state index contributed by atoms with van der Waals surface area (Å²) in [6, 6.07) is 14.8. The van der Waals surface area contributed by atoms with Crippen LogP contribution in [0.5, 0.6) is 0 Å². The van der Waals surface area contributed by atoms with E-state index >= 15 is 0 Å². The average molecular weight is 347 g/mol. The molecule has 0 spiro atoms. The second kappa shape index (κ2) is 6.44. The quantitative estimate of drug-likeness (QED) is 0.613. The maximum absolute atomic E-state index is 12.9. The number of hydrogen-bond acceptors (Lipinski definition) is 5. The summed E-state index contributed by atoms with van der Waals surface area (Å²) in [5.74, 6) is 0.867. The van der Waals surface area contributed by atoms with E-state index in [0.717, 1.165) is 11.2 Å². The summed E-state index contributed by atoms with van der Waals surface area (Å²) in [5.41, 5.74) is 2.51. The first kappa shape index (κ1) is 16.0. The van der Waals surface area contributed by atoms with Crippen molar-refractivity contribution in [2.45, 2.75) is 19.9 Å². The van der Waals surface area contributed by atoms with Crippen molar-refractivity contribution in [2.75, 3.05) is 0 Å². The molecule has 1 amide bonds. The molecule has 0 saturated heterocycles. The summed E-state index contributed by atoms with van der Waals surface area (Å²) >= 11 is 0. The number of aromatic nitrogens is 4. The Bertz CT molecular complexity index is 1070. The molecular weight excluding hydrogens is 330 g/mol. The van der Waals surface area contributed by atoms with E-state index in [-0.39, 0.29) is 11.9 Å². The Kier molecular flexibility index (Phi) is 3.96. The average Bonchev–Trinajstić information content (AvgIpc) is 3.26. The fraction of sp³-hybridized carbons (Fsp3) is 0.158. The molecule has 0 aliphatic carbocycles. The zero-order valence-corrected chi connectivity index (χ0v) is 14.4. The number of aryl methyl sites for hydroxylation is 1. The summed E-state index contributed by atoms with van der Waals surface area (Å²) in [7, 11) is 0. The van der Waals surface area contributed by atoms with Gasteiger partial charge in [0.1, 0.15) is 17.0 Å². The third-order valence-corrected chi connectivity index (χ3v) is 4.21. The molecule has 130 valence electrons. The first-order valence-corrected chi connectivity index (χ1v) is 8.27. The second-order valence-electron chi connectivity index (χ2n) is 6.01. The van der Waals surface area contributed by atoms with E-state index in [1.54, 1.807) is 6.92 Å². The van der Waals surface area contributed by atoms with E-state index in [1.165, 1.54) is 0 Å². The standard InChI is InChI=1S/C19H17N5O2/c1-12(18-22-21-15-10-6-7-11-24(15)18)20-19(25)16-13(2)26-23-17(16)14-8-4-3-5-9-14/h3-12H,1-2H3,(H,20,25)/t12-/m1/s1. The summed E-state index contributed by atoms with van der Waals surface area (Å²) < 4.78 is 7.12. The van der Waals surface area contributed by atoms with Gasteiger partial charge in [-0.3, -0.25) is 9.20 Å². The number of carbonyl (C=O) groups is 1. The Hall–Kier alpha value is -3.48. The van der Waals surface area contributed by atoms with Crippen molar-refractivity contribution in [3.8, 4) is 11.3 Å². The number of benzene rings is 1. The van der Waals surface area contributed by atoms with Crippen LogP contribution < -0.4 is 5.32 Å². The fourth-order valence-corrected chi connectivity index (χ4v) is 2.92. The highest BCUT2D eigenvalue weighted by Crippen LogP contribution is 2.25. The Morgan fingerprint density at radius 2 is 1.88 bits per heavy atom. The Morgan fingerprint density at radius 3 is 2.69 bits per heavy atom. The molecule has 1 atom stereocenters. The van der Waals surface area contributed by atoms with Crippen molar-refractivity contribution >= 4 is 11.6 Å². The lowest BCUT2D eigenvalue weighted by Gasteiger charge is -2.12. The summed E-state index contributed by atoms with van der Waals surface area (Å²) in [6.07, 6.45) is 1.87. The molecule has 0 radical (unpaired) electrons. The molecule has 1 N–H and O–H groups in total. The number of carbonyl (C=O) groups excluding carboxylic acids is 1. The summed E-state index contributed by atoms with van der Waals surface area (Å²) in [4.78, 5) is 12.9. The first-order valence-electron chi connectivity index (χ1n) is 8.27. The Balaban J connectivity index is 1.64. The number of rotatable bonds is 4. The summed E-state index contributed by atoms with van der Waals surface area (Å²) in [6.45, 7) is 3.60. The molecule has 0 aliphatic heterocycles. The number of fused-ring (bicyclic) bond motifs is 1. The van der Waals surface area contributed by atoms with Crippen LogP contribution in [0.15, 0.2) is 59.3 Å². The monoisotopic (exact) mass is 347 g/mol. The highest BCUT2D eigenvalue weighted by molar-refractivity contribution is 6.00. The van der Waals surface area contributed by atoms with Crippen molar-refractivity contribution in [3.05, 3.63) is 71.9 Å². The molecule has 0 saturated carbocycles. The lowest BCUT2D eigenvalue weighted by Crippen LogP contribution is -2.28. The van der Waals surface area contributed by atoms with Gasteiger partial charge in [0.15, 0.2) is 11.5 Å². The zero-order chi connectivity index (χ0) is 18.1. The van der Waals surface area contributed by atoms with Gasteiger partial charge < -0.3 is 9.84 Å². The first-order chi connectivity index (χ1) is 12.6. The van der Waals surface area contributed by atoms with Crippen LogP contribution in [-0.4, -0.2) is 25.7 Å². The van der Waals surface area contributed by atoms with Crippen LogP contribution in [0.25, 0.3) is 16.9 Å². The van der Waals surface area contributed by atoms with E-state index in [4.69, 9.17) is 4.52 Å². The molecule has 7 heteroatoms. The van der Waals surface area contributed by atoms with E-state index in [1.807, 2.05) is 66.1 Å². The molecule has 0 aliphatic rings. The second-order valence-corrected chi connectivity index (χ2v) is 6.01. The SMILES string of the molecule is Cc1onc(-c2ccccc2)c1C(=O)N[C@H](C)c1nnc2ccccn12. The van der Waals surface area contributed by atoms with Crippen LogP contribution in [0.2, 0.25) is 0 Å². The molecule has 0 fully saturated rings. The van der Waals surface area contributed by atoms with Crippen molar-refractivity contribution in [1.29, 1.82) is 0 Å². The maximum Gasteiger partial charge on any atom is 0.257 e. The third kappa shape index (κ3) is 2.73. The van der Waals surface area contributed by atoms with Crippen molar-refractivity contribution in [3.63, 3.8) is 0 Å². The molecule has 1 aromatic carbocycles. The van der Waals surface area contributed by atoms with Gasteiger partial charge in [0.2, 0.25) is 0 Å². The number of nitrogens with one attached hydrogen (secondary N) is 1. The minimum Gasteiger partial charge on any atom is -0.360 e. The van der Waals surface area contributed by atoms with Crippen LogP contribution in [0.3, 0.4) is 0 Å². The van der Waals surface area contributed by atoms with Gasteiger partial charge >= 0.3 is 0 Å². The highest BCUT2D eigenvalue weighted by atomic mass is 16.5. The minimum atomic E-state index is -0.335. The molecular formula is C19H17N5O2. The minimum absolute atomic E-state index is 0.261. The van der Waals surface area contributed by atoms with Crippen LogP contribution in [0.1, 0.15) is 34.9 Å². The lowest BCUT2D eigenvalue weighted by atomic mass is 10.1. The Morgan fingerprint density at radius 1 is 1.12 bits per heavy atom. The summed E-state index contributed by atoms with van der Waals surface area (Å²) in [5, 5.41) is 15.3. The molecule has 4 aromatic rings. The fourth-order valence-electron chi connectivity index (χ4n) is 2.92. The Labute approximate surface area is 149 Å². The van der Waals surface area contributed by atoms with Crippen LogP contribution >= 0.6 is 0 Å². The highest BCUT2D eigenvalue weighted by Gasteiger charge is 2.24. The molecule has 3 heterocycles. The molecule has 0 bridgehead atoms. The lowest BCUT2D eigenvalue weighted by molar-refractivity contribution is 0.0937. The smallest absolute Gasteiger partial charge is 0.257 e. The van der Waals surface area contributed by atoms with Crippen molar-refractivity contribution < 1.29 is 9.32 Å². The van der Waals surface area contributed by atoms with Gasteiger partial charge in [0, 0.05) is 11.8 Å². The van der Waals surface area contributed by atoms with Crippen LogP contribution in [0, 0.1) is 6.92 Å². The predicted molar refractivity (Wildman–Crippen MR) is 95.5 cm³/mol. The molecule has 26 heavy (non-hydrogen) atoms. The number of pyridine rings is 1. The number of nitrogens with zero attached hydrogens (tertiary/aromatic N) is 4. The topological polar surface area (TPSA) is 85.3 Å². The normalized spacial score (nSPS) is 12.2. The van der Waals surface area contributed by atoms with Gasteiger partial charge in [-0.1, -0.05) is 41.6 Å². The van der Waals surface area contributed by atoms with Gasteiger partial charge in [-0.05, 0) is 26.0 Å². The van der Waals surface area contributed by atoms with Gasteiger partial charge in [-0.15, -0.1) is 10.2 Å². The van der Waals surface area contributed by atoms with Crippen LogP contribution in [0.4, 0.5) is 0 Å². The van der Waals surface area contributed by atoms with Crippen molar-refractivity contribution in [1.82, 2.24) is 25.1 Å². The molecule has 7 nitrogen and oxygen atoms in total. The maximum atomic E-state index is 12.9. The molecule has 4 rings (SSSR count). The molecule has 0 unspecified atom stereocenters. The van der Waals surface area contributed by atoms with E-state index in [9.17, 15) is 4.79 Å². The van der Waals surface area contributed by atoms with Gasteiger partial charge in [0.25, 0.3) is 5.91 Å². The number of hydrogen-bond donors (Lipinski definition) is 1. The van der Waals surface area contributed by atoms with Gasteiger partial charge in [0.05, 0.1) is 6.04 Å². The van der Waals surface area contributed by atoms with Crippen LogP contribution in [-0.2, 0) is 0 Å². The van der Waals surface area contributed by atoms with Crippen molar-refractivity contribution in [2.24, 2.45) is 0 Å². The third-order valence-electron chi connectivity index (χ3n) is 4.21. The van der Waals surface area contributed by atoms with Gasteiger partial charge in [-0.25, -0.2) is 0 Å². The van der Waals surface area contributed by atoms with E-state index < -0.39 is 0 Å². The molecule has 3 aromatic heterocycles. The largest absolute Gasteiger partial charge is 0.360 e. The van der Waals surface area contributed by atoms with E-state index in [2.05, 4.69) is 20.7 Å². The predicted octanol–water partition coefficient (Wildman–Crippen LogP) is 3.18. The van der Waals surface area contributed by atoms with Gasteiger partial charge in [-0.2, -0.15) is 0 Å². The van der Waals surface area contributed by atoms with E-state index in [0.29, 0.717) is 22.8 Å². The zero-order valence-electron chi connectivity index (χ0n) is 14.4.